The van der Waals surface area contributed by atoms with Gasteiger partial charge in [0, 0.05) is 25.5 Å². The van der Waals surface area contributed by atoms with Crippen molar-refractivity contribution >= 4 is 5.97 Å². The van der Waals surface area contributed by atoms with Crippen LogP contribution < -0.4 is 0 Å². The Labute approximate surface area is 126 Å². The second-order valence-electron chi connectivity index (χ2n) is 4.73. The van der Waals surface area contributed by atoms with E-state index in [0.29, 0.717) is 19.4 Å². The number of ether oxygens (including phenoxy) is 2. The molecule has 0 saturated carbocycles. The lowest BCUT2D eigenvalue weighted by atomic mass is 10.1. The minimum Gasteiger partial charge on any atom is -0.464 e. The van der Waals surface area contributed by atoms with Gasteiger partial charge in [-0.3, -0.25) is 0 Å². The van der Waals surface area contributed by atoms with Crippen molar-refractivity contribution in [2.75, 3.05) is 13.7 Å². The highest BCUT2D eigenvalue weighted by atomic mass is 16.6. The highest BCUT2D eigenvalue weighted by Crippen LogP contribution is 2.09. The molecule has 0 radical (unpaired) electrons. The summed E-state index contributed by atoms with van der Waals surface area (Å²) in [5.41, 5.74) is 1.86. The number of carbonyl (C=O) groups is 1. The van der Waals surface area contributed by atoms with Crippen LogP contribution in [0.2, 0.25) is 0 Å². The molecule has 0 spiro atoms. The second kappa shape index (κ2) is 9.17. The lowest BCUT2D eigenvalue weighted by Gasteiger charge is -2.13. The number of hydrogen-bond acceptors (Lipinski definition) is 4. The van der Waals surface area contributed by atoms with Crippen molar-refractivity contribution in [3.8, 4) is 11.8 Å². The molecule has 0 bridgehead atoms. The van der Waals surface area contributed by atoms with Gasteiger partial charge in [0.25, 0.3) is 0 Å². The molecular weight excluding hydrogens is 268 g/mol. The Hall–Kier alpha value is -1.83. The molecule has 0 saturated heterocycles. The van der Waals surface area contributed by atoms with E-state index < -0.39 is 12.2 Å². The van der Waals surface area contributed by atoms with E-state index in [2.05, 4.69) is 11.8 Å². The first-order valence-corrected chi connectivity index (χ1v) is 7.02. The quantitative estimate of drug-likeness (QED) is 0.642. The first kappa shape index (κ1) is 17.2. The van der Waals surface area contributed by atoms with E-state index in [1.54, 1.807) is 13.8 Å². The van der Waals surface area contributed by atoms with Crippen molar-refractivity contribution in [3.05, 3.63) is 35.4 Å². The Morgan fingerprint density at radius 1 is 1.33 bits per heavy atom. The van der Waals surface area contributed by atoms with Crippen molar-refractivity contribution in [1.82, 2.24) is 0 Å². The van der Waals surface area contributed by atoms with Crippen LogP contribution in [0.3, 0.4) is 0 Å². The Bertz CT molecular complexity index is 494. The molecule has 4 nitrogen and oxygen atoms in total. The van der Waals surface area contributed by atoms with Gasteiger partial charge in [-0.25, -0.2) is 4.79 Å². The molecule has 21 heavy (non-hydrogen) atoms. The van der Waals surface area contributed by atoms with Crippen LogP contribution in [0.4, 0.5) is 0 Å². The minimum absolute atomic E-state index is 0.344. The molecule has 1 aromatic rings. The molecular formula is C17H22O4. The zero-order valence-corrected chi connectivity index (χ0v) is 12.8. The first-order valence-electron chi connectivity index (χ1n) is 7.02. The van der Waals surface area contributed by atoms with Crippen molar-refractivity contribution in [1.29, 1.82) is 0 Å². The number of hydrogen-bond donors (Lipinski definition) is 1. The Morgan fingerprint density at radius 3 is 2.52 bits per heavy atom. The average molecular weight is 290 g/mol. The molecule has 0 aliphatic heterocycles. The monoisotopic (exact) mass is 290 g/mol. The number of aliphatic hydroxyl groups excluding tert-OH is 1. The van der Waals surface area contributed by atoms with E-state index in [4.69, 9.17) is 14.6 Å². The van der Waals surface area contributed by atoms with Gasteiger partial charge in [0.15, 0.2) is 6.10 Å². The molecule has 1 aromatic carbocycles. The van der Waals surface area contributed by atoms with Crippen LogP contribution in [0.1, 0.15) is 31.4 Å². The number of aliphatic hydroxyl groups is 1. The number of methoxy groups -OCH3 is 1. The predicted molar refractivity (Wildman–Crippen MR) is 80.8 cm³/mol. The first-order chi connectivity index (χ1) is 10.1. The SMILES string of the molecule is CCOC(=O)[C@H](Cc1ccc(C#CCC(C)O)cc1)OC. The number of esters is 1. The summed E-state index contributed by atoms with van der Waals surface area (Å²) in [6.07, 6.45) is -0.0754. The van der Waals surface area contributed by atoms with Gasteiger partial charge in [0.05, 0.1) is 12.7 Å². The summed E-state index contributed by atoms with van der Waals surface area (Å²) in [6, 6.07) is 7.61. The number of carbonyl (C=O) groups excluding carboxylic acids is 1. The largest absolute Gasteiger partial charge is 0.464 e. The van der Waals surface area contributed by atoms with Gasteiger partial charge in [0.2, 0.25) is 0 Å². The van der Waals surface area contributed by atoms with Crippen LogP contribution >= 0.6 is 0 Å². The van der Waals surface area contributed by atoms with Gasteiger partial charge in [0.1, 0.15) is 0 Å². The Morgan fingerprint density at radius 2 is 2.00 bits per heavy atom. The number of benzene rings is 1. The molecule has 1 rings (SSSR count). The third-order valence-electron chi connectivity index (χ3n) is 2.84. The summed E-state index contributed by atoms with van der Waals surface area (Å²) < 4.78 is 10.1. The van der Waals surface area contributed by atoms with Gasteiger partial charge < -0.3 is 14.6 Å². The average Bonchev–Trinajstić information content (AvgIpc) is 2.46. The molecule has 0 amide bonds. The maximum Gasteiger partial charge on any atom is 0.335 e. The van der Waals surface area contributed by atoms with Crippen molar-refractivity contribution in [3.63, 3.8) is 0 Å². The van der Waals surface area contributed by atoms with E-state index in [1.807, 2.05) is 24.3 Å². The standard InChI is InChI=1S/C17H22O4/c1-4-21-17(19)16(20-3)12-15-10-8-14(9-11-15)7-5-6-13(2)18/h8-11,13,16,18H,4,6,12H2,1-3H3/t13?,16-/m0/s1. The van der Waals surface area contributed by atoms with Crippen molar-refractivity contribution < 1.29 is 19.4 Å². The third-order valence-corrected chi connectivity index (χ3v) is 2.84. The van der Waals surface area contributed by atoms with Crippen LogP contribution in [-0.4, -0.2) is 37.0 Å². The summed E-state index contributed by atoms with van der Waals surface area (Å²) in [6.45, 7) is 3.82. The van der Waals surface area contributed by atoms with E-state index in [9.17, 15) is 4.79 Å². The molecule has 4 heteroatoms. The van der Waals surface area contributed by atoms with Gasteiger partial charge >= 0.3 is 5.97 Å². The Kier molecular flexibility index (Phi) is 7.52. The van der Waals surface area contributed by atoms with E-state index >= 15 is 0 Å². The summed E-state index contributed by atoms with van der Waals surface area (Å²) in [5.74, 6) is 5.54. The van der Waals surface area contributed by atoms with E-state index in [0.717, 1.165) is 11.1 Å². The number of rotatable bonds is 6. The highest BCUT2D eigenvalue weighted by Gasteiger charge is 2.19. The van der Waals surface area contributed by atoms with Gasteiger partial charge in [-0.2, -0.15) is 0 Å². The summed E-state index contributed by atoms with van der Waals surface area (Å²) in [5, 5.41) is 9.14. The third kappa shape index (κ3) is 6.44. The molecule has 0 heterocycles. The normalized spacial score (nSPS) is 13.0. The highest BCUT2D eigenvalue weighted by molar-refractivity contribution is 5.75. The van der Waals surface area contributed by atoms with Crippen LogP contribution in [0, 0.1) is 11.8 Å². The molecule has 1 unspecified atom stereocenters. The lowest BCUT2D eigenvalue weighted by molar-refractivity contribution is -0.154. The van der Waals surface area contributed by atoms with Gasteiger partial charge in [-0.1, -0.05) is 24.0 Å². The molecule has 0 aliphatic carbocycles. The summed E-state index contributed by atoms with van der Waals surface area (Å²) >= 11 is 0. The van der Waals surface area contributed by atoms with Crippen LogP contribution in [0.25, 0.3) is 0 Å². The van der Waals surface area contributed by atoms with Crippen molar-refractivity contribution in [2.24, 2.45) is 0 Å². The van der Waals surface area contributed by atoms with E-state index in [1.165, 1.54) is 7.11 Å². The topological polar surface area (TPSA) is 55.8 Å². The Balaban J connectivity index is 2.64. The van der Waals surface area contributed by atoms with Crippen molar-refractivity contribution in [2.45, 2.75) is 38.9 Å². The fraction of sp³-hybridized carbons (Fsp3) is 0.471. The van der Waals surface area contributed by atoms with Gasteiger partial charge in [-0.15, -0.1) is 0 Å². The minimum atomic E-state index is -0.586. The molecule has 0 aromatic heterocycles. The molecule has 2 atom stereocenters. The van der Waals surface area contributed by atoms with Gasteiger partial charge in [-0.05, 0) is 31.5 Å². The zero-order valence-electron chi connectivity index (χ0n) is 12.8. The van der Waals surface area contributed by atoms with E-state index in [-0.39, 0.29) is 5.97 Å². The molecule has 1 N–H and O–H groups in total. The van der Waals surface area contributed by atoms with Crippen LogP contribution in [0.15, 0.2) is 24.3 Å². The fourth-order valence-electron chi connectivity index (χ4n) is 1.74. The molecule has 0 fully saturated rings. The maximum absolute atomic E-state index is 11.7. The lowest BCUT2D eigenvalue weighted by Crippen LogP contribution is -2.27. The fourth-order valence-corrected chi connectivity index (χ4v) is 1.74. The molecule has 114 valence electrons. The van der Waals surface area contributed by atoms with Crippen LogP contribution in [-0.2, 0) is 20.7 Å². The molecule has 0 aliphatic rings. The second-order valence-corrected chi connectivity index (χ2v) is 4.73. The van der Waals surface area contributed by atoms with Crippen LogP contribution in [0.5, 0.6) is 0 Å². The smallest absolute Gasteiger partial charge is 0.335 e. The zero-order chi connectivity index (χ0) is 15.7. The predicted octanol–water partition coefficient (Wildman–Crippen LogP) is 1.93. The maximum atomic E-state index is 11.7. The summed E-state index contributed by atoms with van der Waals surface area (Å²) in [7, 11) is 1.50. The summed E-state index contributed by atoms with van der Waals surface area (Å²) in [4.78, 5) is 11.7.